The second-order valence-electron chi connectivity index (χ2n) is 4.83. The molecule has 3 aromatic rings. The molecule has 2 aromatic heterocycles. The van der Waals surface area contributed by atoms with Gasteiger partial charge in [-0.25, -0.2) is 0 Å². The van der Waals surface area contributed by atoms with Crippen LogP contribution in [0, 0.1) is 13.8 Å². The van der Waals surface area contributed by atoms with E-state index in [0.717, 1.165) is 5.69 Å². The van der Waals surface area contributed by atoms with Gasteiger partial charge in [0, 0.05) is 25.0 Å². The van der Waals surface area contributed by atoms with Crippen LogP contribution < -0.4 is 0 Å². The molecule has 1 aromatic carbocycles. The standard InChI is InChI=1S/C15H17N3/c1-10-11(2)16-18(4)15(10)14-9-12-7-5-6-8-13(12)17(14)3/h5-9H,1-4H3. The molecule has 3 nitrogen and oxygen atoms in total. The van der Waals surface area contributed by atoms with Gasteiger partial charge < -0.3 is 4.57 Å². The third-order valence-corrected chi connectivity index (χ3v) is 3.72. The van der Waals surface area contributed by atoms with Crippen LogP contribution in [-0.4, -0.2) is 14.3 Å². The number of benzene rings is 1. The summed E-state index contributed by atoms with van der Waals surface area (Å²) in [7, 11) is 4.12. The maximum Gasteiger partial charge on any atom is 0.0875 e. The molecule has 92 valence electrons. The van der Waals surface area contributed by atoms with E-state index in [1.165, 1.54) is 27.9 Å². The number of para-hydroxylation sites is 1. The number of aryl methyl sites for hydroxylation is 3. The quantitative estimate of drug-likeness (QED) is 0.639. The molecule has 0 aliphatic heterocycles. The van der Waals surface area contributed by atoms with E-state index in [0.29, 0.717) is 0 Å². The Morgan fingerprint density at radius 3 is 2.39 bits per heavy atom. The van der Waals surface area contributed by atoms with Crippen LogP contribution in [0.2, 0.25) is 0 Å². The minimum atomic E-state index is 1.10. The van der Waals surface area contributed by atoms with Crippen molar-refractivity contribution < 1.29 is 0 Å². The van der Waals surface area contributed by atoms with Crippen LogP contribution in [0.1, 0.15) is 11.3 Å². The molecule has 0 atom stereocenters. The van der Waals surface area contributed by atoms with Crippen molar-refractivity contribution in [2.24, 2.45) is 14.1 Å². The topological polar surface area (TPSA) is 22.8 Å². The summed E-state index contributed by atoms with van der Waals surface area (Å²) in [5.41, 5.74) is 6.02. The summed E-state index contributed by atoms with van der Waals surface area (Å²) in [5, 5.41) is 5.77. The molecule has 0 N–H and O–H groups in total. The van der Waals surface area contributed by atoms with E-state index >= 15 is 0 Å². The third kappa shape index (κ3) is 1.40. The zero-order valence-electron chi connectivity index (χ0n) is 11.2. The van der Waals surface area contributed by atoms with Crippen molar-refractivity contribution in [1.29, 1.82) is 0 Å². The number of hydrogen-bond donors (Lipinski definition) is 0. The molecule has 0 saturated heterocycles. The van der Waals surface area contributed by atoms with Crippen LogP contribution in [0.25, 0.3) is 22.3 Å². The molecule has 0 unspecified atom stereocenters. The van der Waals surface area contributed by atoms with Crippen LogP contribution in [0.15, 0.2) is 30.3 Å². The van der Waals surface area contributed by atoms with Gasteiger partial charge in [0.1, 0.15) is 0 Å². The largest absolute Gasteiger partial charge is 0.342 e. The van der Waals surface area contributed by atoms with E-state index in [4.69, 9.17) is 0 Å². The van der Waals surface area contributed by atoms with Gasteiger partial charge in [-0.05, 0) is 31.5 Å². The molecule has 0 saturated carbocycles. The zero-order chi connectivity index (χ0) is 12.9. The monoisotopic (exact) mass is 239 g/mol. The van der Waals surface area contributed by atoms with Crippen molar-refractivity contribution in [1.82, 2.24) is 14.3 Å². The summed E-state index contributed by atoms with van der Waals surface area (Å²) in [4.78, 5) is 0. The minimum absolute atomic E-state index is 1.10. The predicted octanol–water partition coefficient (Wildman–Crippen LogP) is 3.20. The molecule has 0 radical (unpaired) electrons. The van der Waals surface area contributed by atoms with Crippen LogP contribution in [-0.2, 0) is 14.1 Å². The summed E-state index contributed by atoms with van der Waals surface area (Å²) in [6.07, 6.45) is 0. The molecule has 2 heterocycles. The molecule has 0 spiro atoms. The Morgan fingerprint density at radius 1 is 1.06 bits per heavy atom. The Morgan fingerprint density at radius 2 is 1.78 bits per heavy atom. The lowest BCUT2D eigenvalue weighted by molar-refractivity contribution is 0.757. The first-order valence-corrected chi connectivity index (χ1v) is 6.14. The Hall–Kier alpha value is -2.03. The van der Waals surface area contributed by atoms with Gasteiger partial charge in [-0.2, -0.15) is 5.10 Å². The first kappa shape index (κ1) is 11.1. The summed E-state index contributed by atoms with van der Waals surface area (Å²) in [5.74, 6) is 0. The van der Waals surface area contributed by atoms with Crippen LogP contribution in [0.4, 0.5) is 0 Å². The SMILES string of the molecule is Cc1nn(C)c(-c2cc3ccccc3n2C)c1C. The van der Waals surface area contributed by atoms with Crippen molar-refractivity contribution in [2.45, 2.75) is 13.8 Å². The van der Waals surface area contributed by atoms with Crippen molar-refractivity contribution in [2.75, 3.05) is 0 Å². The van der Waals surface area contributed by atoms with E-state index in [2.05, 4.69) is 60.9 Å². The zero-order valence-corrected chi connectivity index (χ0v) is 11.2. The number of rotatable bonds is 1. The van der Waals surface area contributed by atoms with E-state index in [-0.39, 0.29) is 0 Å². The third-order valence-electron chi connectivity index (χ3n) is 3.72. The van der Waals surface area contributed by atoms with Gasteiger partial charge >= 0.3 is 0 Å². The Balaban J connectivity index is 2.35. The lowest BCUT2D eigenvalue weighted by Crippen LogP contribution is -1.99. The average Bonchev–Trinajstić information content (AvgIpc) is 2.79. The molecule has 3 heteroatoms. The minimum Gasteiger partial charge on any atom is -0.342 e. The maximum atomic E-state index is 4.50. The Kier molecular flexibility index (Phi) is 2.30. The molecule has 0 amide bonds. The molecule has 3 rings (SSSR count). The fourth-order valence-electron chi connectivity index (χ4n) is 2.64. The average molecular weight is 239 g/mol. The van der Waals surface area contributed by atoms with Crippen LogP contribution >= 0.6 is 0 Å². The van der Waals surface area contributed by atoms with Crippen molar-refractivity contribution in [3.8, 4) is 11.4 Å². The van der Waals surface area contributed by atoms with Crippen LogP contribution in [0.5, 0.6) is 0 Å². The summed E-state index contributed by atoms with van der Waals surface area (Å²) in [6, 6.07) is 10.7. The summed E-state index contributed by atoms with van der Waals surface area (Å²) < 4.78 is 4.21. The maximum absolute atomic E-state index is 4.50. The normalized spacial score (nSPS) is 11.3. The van der Waals surface area contributed by atoms with Gasteiger partial charge in [0.15, 0.2) is 0 Å². The van der Waals surface area contributed by atoms with Gasteiger partial charge in [0.25, 0.3) is 0 Å². The van der Waals surface area contributed by atoms with E-state index < -0.39 is 0 Å². The molecule has 18 heavy (non-hydrogen) atoms. The highest BCUT2D eigenvalue weighted by Gasteiger charge is 2.15. The molecule has 0 bridgehead atoms. The predicted molar refractivity (Wildman–Crippen MR) is 74.6 cm³/mol. The van der Waals surface area contributed by atoms with Crippen LogP contribution in [0.3, 0.4) is 0 Å². The second kappa shape index (κ2) is 3.73. The van der Waals surface area contributed by atoms with Gasteiger partial charge in [0.2, 0.25) is 0 Å². The Bertz CT molecular complexity index is 732. The van der Waals surface area contributed by atoms with E-state index in [1.807, 2.05) is 11.7 Å². The molecule has 0 aliphatic rings. The summed E-state index contributed by atoms with van der Waals surface area (Å²) >= 11 is 0. The van der Waals surface area contributed by atoms with Gasteiger partial charge in [-0.3, -0.25) is 4.68 Å². The van der Waals surface area contributed by atoms with Crippen molar-refractivity contribution >= 4 is 10.9 Å². The smallest absolute Gasteiger partial charge is 0.0875 e. The van der Waals surface area contributed by atoms with Gasteiger partial charge in [-0.1, -0.05) is 18.2 Å². The number of aromatic nitrogens is 3. The lowest BCUT2D eigenvalue weighted by Gasteiger charge is -2.06. The molecular formula is C15H17N3. The first-order valence-electron chi connectivity index (χ1n) is 6.14. The summed E-state index contributed by atoms with van der Waals surface area (Å²) in [6.45, 7) is 4.19. The highest BCUT2D eigenvalue weighted by molar-refractivity contribution is 5.86. The highest BCUT2D eigenvalue weighted by Crippen LogP contribution is 2.29. The first-order chi connectivity index (χ1) is 8.59. The van der Waals surface area contributed by atoms with E-state index in [1.54, 1.807) is 0 Å². The molecule has 0 fully saturated rings. The van der Waals surface area contributed by atoms with E-state index in [9.17, 15) is 0 Å². The number of fused-ring (bicyclic) bond motifs is 1. The van der Waals surface area contributed by atoms with Gasteiger partial charge in [0.05, 0.1) is 17.1 Å². The fraction of sp³-hybridized carbons (Fsp3) is 0.267. The van der Waals surface area contributed by atoms with Crippen molar-refractivity contribution in [3.05, 3.63) is 41.6 Å². The fourth-order valence-corrected chi connectivity index (χ4v) is 2.64. The number of hydrogen-bond acceptors (Lipinski definition) is 1. The molecular weight excluding hydrogens is 222 g/mol. The second-order valence-corrected chi connectivity index (χ2v) is 4.83. The Labute approximate surface area is 107 Å². The highest BCUT2D eigenvalue weighted by atomic mass is 15.3. The molecule has 0 aliphatic carbocycles. The lowest BCUT2D eigenvalue weighted by atomic mass is 10.1. The van der Waals surface area contributed by atoms with Gasteiger partial charge in [-0.15, -0.1) is 0 Å². The number of nitrogens with zero attached hydrogens (tertiary/aromatic N) is 3. The van der Waals surface area contributed by atoms with Crippen molar-refractivity contribution in [3.63, 3.8) is 0 Å².